The number of hydrogen-bond acceptors (Lipinski definition) is 0. The van der Waals surface area contributed by atoms with Crippen molar-refractivity contribution < 1.29 is 0 Å². The quantitative estimate of drug-likeness (QED) is 0.467. The molecule has 0 aliphatic heterocycles. The van der Waals surface area contributed by atoms with Crippen LogP contribution >= 0.6 is 23.2 Å². The topological polar surface area (TPSA) is 0 Å². The summed E-state index contributed by atoms with van der Waals surface area (Å²) < 4.78 is 0. The van der Waals surface area contributed by atoms with Crippen molar-refractivity contribution >= 4 is 46.3 Å². The van der Waals surface area contributed by atoms with E-state index in [1.54, 1.807) is 0 Å². The van der Waals surface area contributed by atoms with Gasteiger partial charge in [-0.3, -0.25) is 0 Å². The van der Waals surface area contributed by atoms with Crippen LogP contribution in [0, 0.1) is 0 Å². The molecule has 0 unspecified atom stereocenters. The summed E-state index contributed by atoms with van der Waals surface area (Å²) in [6.07, 6.45) is 0. The lowest BCUT2D eigenvalue weighted by Gasteiger charge is -1.94. The molecule has 1 rings (SSSR count). The van der Waals surface area contributed by atoms with Crippen LogP contribution in [-0.4, -0.2) is 23.1 Å². The summed E-state index contributed by atoms with van der Waals surface area (Å²) in [5.74, 6) is 0.486. The highest BCUT2D eigenvalue weighted by atomic mass is 35.5. The molecule has 0 atom stereocenters. The molecule has 0 aliphatic rings. The molecule has 1 aromatic carbocycles. The minimum absolute atomic E-state index is 0. The number of alkyl halides is 1. The molecule has 0 saturated carbocycles. The second-order valence-corrected chi connectivity index (χ2v) is 2.40. The Labute approximate surface area is 86.7 Å². The van der Waals surface area contributed by atoms with Crippen LogP contribution in [-0.2, 0) is 5.88 Å². The zero-order valence-corrected chi connectivity index (χ0v) is 6.28. The SMILES string of the molecule is ClCc1ccccc1Cl.[MgH2]. The highest BCUT2D eigenvalue weighted by Gasteiger charge is 1.93. The van der Waals surface area contributed by atoms with Crippen molar-refractivity contribution in [2.24, 2.45) is 0 Å². The summed E-state index contributed by atoms with van der Waals surface area (Å²) in [4.78, 5) is 0. The second kappa shape index (κ2) is 5.25. The van der Waals surface area contributed by atoms with E-state index in [0.29, 0.717) is 5.88 Å². The van der Waals surface area contributed by atoms with E-state index in [1.165, 1.54) is 0 Å². The lowest BCUT2D eigenvalue weighted by Crippen LogP contribution is -1.76. The van der Waals surface area contributed by atoms with Crippen molar-refractivity contribution in [3.05, 3.63) is 34.9 Å². The van der Waals surface area contributed by atoms with Gasteiger partial charge in [-0.2, -0.15) is 0 Å². The Morgan fingerprint density at radius 1 is 1.20 bits per heavy atom. The molecule has 0 aliphatic carbocycles. The Balaban J connectivity index is 0.000000810. The maximum Gasteiger partial charge on any atom is 0.316 e. The number of hydrogen-bond donors (Lipinski definition) is 0. The van der Waals surface area contributed by atoms with Gasteiger partial charge in [-0.1, -0.05) is 29.8 Å². The monoisotopic (exact) mass is 186 g/mol. The summed E-state index contributed by atoms with van der Waals surface area (Å²) in [6, 6.07) is 7.55. The van der Waals surface area contributed by atoms with Crippen molar-refractivity contribution in [3.63, 3.8) is 0 Å². The van der Waals surface area contributed by atoms with Crippen LogP contribution in [0.5, 0.6) is 0 Å². The van der Waals surface area contributed by atoms with Gasteiger partial charge >= 0.3 is 23.1 Å². The molecule has 0 heterocycles. The predicted octanol–water partition coefficient (Wildman–Crippen LogP) is 2.16. The van der Waals surface area contributed by atoms with Crippen LogP contribution in [0.1, 0.15) is 5.56 Å². The summed E-state index contributed by atoms with van der Waals surface area (Å²) in [6.45, 7) is 0. The van der Waals surface area contributed by atoms with Crippen LogP contribution in [0.15, 0.2) is 24.3 Å². The molecule has 0 amide bonds. The summed E-state index contributed by atoms with van der Waals surface area (Å²) in [7, 11) is 0. The van der Waals surface area contributed by atoms with E-state index >= 15 is 0 Å². The van der Waals surface area contributed by atoms with Gasteiger partial charge in [-0.15, -0.1) is 11.6 Å². The minimum atomic E-state index is 0. The average Bonchev–Trinajstić information content (AvgIpc) is 1.89. The zero-order valence-electron chi connectivity index (χ0n) is 4.77. The molecule has 0 saturated heterocycles. The van der Waals surface area contributed by atoms with Gasteiger partial charge in [0, 0.05) is 10.9 Å². The lowest BCUT2D eigenvalue weighted by molar-refractivity contribution is 1.40. The maximum absolute atomic E-state index is 5.74. The van der Waals surface area contributed by atoms with E-state index in [1.807, 2.05) is 24.3 Å². The van der Waals surface area contributed by atoms with Crippen LogP contribution in [0.2, 0.25) is 5.02 Å². The number of rotatable bonds is 1. The van der Waals surface area contributed by atoms with Gasteiger partial charge in [0.05, 0.1) is 0 Å². The maximum atomic E-state index is 5.74. The van der Waals surface area contributed by atoms with E-state index in [0.717, 1.165) is 10.6 Å². The molecule has 3 heteroatoms. The third-order valence-electron chi connectivity index (χ3n) is 1.10. The molecule has 1 aromatic rings. The van der Waals surface area contributed by atoms with Crippen LogP contribution < -0.4 is 0 Å². The van der Waals surface area contributed by atoms with Gasteiger partial charge in [0.15, 0.2) is 0 Å². The van der Waals surface area contributed by atoms with Crippen molar-refractivity contribution in [2.45, 2.75) is 5.88 Å². The summed E-state index contributed by atoms with van der Waals surface area (Å²) in [5, 5.41) is 0.743. The summed E-state index contributed by atoms with van der Waals surface area (Å²) >= 11 is 11.3. The third-order valence-corrected chi connectivity index (χ3v) is 1.76. The average molecular weight is 187 g/mol. The van der Waals surface area contributed by atoms with Crippen LogP contribution in [0.25, 0.3) is 0 Å². The van der Waals surface area contributed by atoms with Crippen LogP contribution in [0.4, 0.5) is 0 Å². The molecule has 52 valence electrons. The normalized spacial score (nSPS) is 8.60. The van der Waals surface area contributed by atoms with Gasteiger partial charge in [-0.25, -0.2) is 0 Å². The first-order chi connectivity index (χ1) is 4.34. The first kappa shape index (κ1) is 10.6. The molecule has 0 bridgehead atoms. The predicted molar refractivity (Wildman–Crippen MR) is 49.6 cm³/mol. The van der Waals surface area contributed by atoms with E-state index in [-0.39, 0.29) is 23.1 Å². The first-order valence-corrected chi connectivity index (χ1v) is 3.55. The lowest BCUT2D eigenvalue weighted by atomic mass is 10.2. The fraction of sp³-hybridized carbons (Fsp3) is 0.143. The van der Waals surface area contributed by atoms with E-state index < -0.39 is 0 Å². The van der Waals surface area contributed by atoms with Gasteiger partial charge < -0.3 is 0 Å². The molecule has 0 spiro atoms. The Bertz CT molecular complexity index is 201. The molecular weight excluding hydrogens is 179 g/mol. The van der Waals surface area contributed by atoms with Gasteiger partial charge in [0.1, 0.15) is 0 Å². The van der Waals surface area contributed by atoms with Crippen molar-refractivity contribution in [1.29, 1.82) is 0 Å². The summed E-state index contributed by atoms with van der Waals surface area (Å²) in [5.41, 5.74) is 0.987. The third kappa shape index (κ3) is 2.66. The van der Waals surface area contributed by atoms with Gasteiger partial charge in [0.2, 0.25) is 0 Å². The molecule has 0 aromatic heterocycles. The molecule has 0 N–H and O–H groups in total. The standard InChI is InChI=1S/C7H6Cl2.Mg.2H/c8-5-6-3-1-2-4-7(6)9;;;/h1-4H,5H2;;;. The molecule has 0 fully saturated rings. The fourth-order valence-corrected chi connectivity index (χ4v) is 1.11. The fourth-order valence-electron chi connectivity index (χ4n) is 0.607. The van der Waals surface area contributed by atoms with Gasteiger partial charge in [0.25, 0.3) is 0 Å². The Morgan fingerprint density at radius 2 is 1.80 bits per heavy atom. The Morgan fingerprint density at radius 3 is 2.20 bits per heavy atom. The van der Waals surface area contributed by atoms with Crippen molar-refractivity contribution in [3.8, 4) is 0 Å². The highest BCUT2D eigenvalue weighted by Crippen LogP contribution is 2.15. The van der Waals surface area contributed by atoms with Crippen molar-refractivity contribution in [1.82, 2.24) is 0 Å². The largest absolute Gasteiger partial charge is 0.316 e. The molecule has 0 nitrogen and oxygen atoms in total. The Hall–Kier alpha value is 0.566. The second-order valence-electron chi connectivity index (χ2n) is 1.73. The van der Waals surface area contributed by atoms with E-state index in [9.17, 15) is 0 Å². The van der Waals surface area contributed by atoms with Crippen LogP contribution in [0.3, 0.4) is 0 Å². The van der Waals surface area contributed by atoms with Gasteiger partial charge in [-0.05, 0) is 11.6 Å². The number of benzene rings is 1. The zero-order chi connectivity index (χ0) is 6.69. The molecular formula is C7H8Cl2Mg. The highest BCUT2D eigenvalue weighted by molar-refractivity contribution is 6.32. The van der Waals surface area contributed by atoms with E-state index in [4.69, 9.17) is 23.2 Å². The molecule has 10 heavy (non-hydrogen) atoms. The Kier molecular flexibility index (Phi) is 5.54. The first-order valence-electron chi connectivity index (χ1n) is 2.64. The molecule has 0 radical (unpaired) electrons. The smallest absolute Gasteiger partial charge is 0.121 e. The minimum Gasteiger partial charge on any atom is -0.121 e. The number of halogens is 2. The van der Waals surface area contributed by atoms with Crippen molar-refractivity contribution in [2.75, 3.05) is 0 Å². The van der Waals surface area contributed by atoms with E-state index in [2.05, 4.69) is 0 Å².